The van der Waals surface area contributed by atoms with Crippen LogP contribution >= 0.6 is 23.2 Å². The Hall–Kier alpha value is -2.31. The van der Waals surface area contributed by atoms with E-state index in [0.717, 1.165) is 35.1 Å². The Morgan fingerprint density at radius 1 is 1.00 bits per heavy atom. The number of rotatable bonds is 9. The Morgan fingerprint density at radius 2 is 1.71 bits per heavy atom. The van der Waals surface area contributed by atoms with E-state index in [4.69, 9.17) is 32.7 Å². The standard InChI is InChI=1S/C26H35Cl2N3O3/c1-5-33-23-13-18(20(27)15-24(23)34-17-25(32)30-26(2,3)4)16-29-19-9-10-22(21(28)14-19)31-11-7-6-8-12-31/h9-10,13-15,29H,5-8,11-12,16-17H2,1-4H3,(H,30,32). The summed E-state index contributed by atoms with van der Waals surface area (Å²) in [6.07, 6.45) is 3.70. The van der Waals surface area contributed by atoms with E-state index in [0.29, 0.717) is 29.7 Å². The van der Waals surface area contributed by atoms with Gasteiger partial charge in [0.25, 0.3) is 5.91 Å². The van der Waals surface area contributed by atoms with Crippen molar-refractivity contribution < 1.29 is 14.3 Å². The molecule has 2 aromatic carbocycles. The van der Waals surface area contributed by atoms with Crippen molar-refractivity contribution in [2.45, 2.75) is 59.0 Å². The molecule has 1 fully saturated rings. The number of piperidine rings is 1. The summed E-state index contributed by atoms with van der Waals surface area (Å²) >= 11 is 13.1. The van der Waals surface area contributed by atoms with Gasteiger partial charge in [0.1, 0.15) is 0 Å². The minimum Gasteiger partial charge on any atom is -0.490 e. The third kappa shape index (κ3) is 7.60. The van der Waals surface area contributed by atoms with Crippen molar-refractivity contribution in [2.75, 3.05) is 36.5 Å². The van der Waals surface area contributed by atoms with Crippen molar-refractivity contribution in [1.82, 2.24) is 5.32 Å². The third-order valence-corrected chi connectivity index (χ3v) is 6.07. The van der Waals surface area contributed by atoms with Crippen LogP contribution in [0.5, 0.6) is 11.5 Å². The van der Waals surface area contributed by atoms with Gasteiger partial charge in [-0.05, 0) is 76.8 Å². The Balaban J connectivity index is 1.67. The SMILES string of the molecule is CCOc1cc(CNc2ccc(N3CCCCC3)c(Cl)c2)c(Cl)cc1OCC(=O)NC(C)(C)C. The zero-order valence-electron chi connectivity index (χ0n) is 20.5. The first kappa shape index (κ1) is 26.3. The lowest BCUT2D eigenvalue weighted by molar-refractivity contribution is -0.124. The normalized spacial score (nSPS) is 14.0. The summed E-state index contributed by atoms with van der Waals surface area (Å²) in [7, 11) is 0. The Morgan fingerprint density at radius 3 is 2.35 bits per heavy atom. The first-order valence-electron chi connectivity index (χ1n) is 11.8. The van der Waals surface area contributed by atoms with Crippen LogP contribution in [0, 0.1) is 0 Å². The number of nitrogens with zero attached hydrogens (tertiary/aromatic N) is 1. The number of hydrogen-bond donors (Lipinski definition) is 2. The van der Waals surface area contributed by atoms with Gasteiger partial charge in [-0.3, -0.25) is 4.79 Å². The molecule has 0 unspecified atom stereocenters. The lowest BCUT2D eigenvalue weighted by atomic mass is 10.1. The van der Waals surface area contributed by atoms with E-state index >= 15 is 0 Å². The molecule has 1 heterocycles. The van der Waals surface area contributed by atoms with E-state index < -0.39 is 0 Å². The average molecular weight is 508 g/mol. The fourth-order valence-electron chi connectivity index (χ4n) is 3.90. The zero-order chi connectivity index (χ0) is 24.7. The van der Waals surface area contributed by atoms with Crippen LogP contribution < -0.4 is 25.0 Å². The van der Waals surface area contributed by atoms with Crippen molar-refractivity contribution in [1.29, 1.82) is 0 Å². The number of anilines is 2. The Kier molecular flexibility index (Phi) is 9.20. The summed E-state index contributed by atoms with van der Waals surface area (Å²) in [5, 5.41) is 7.53. The van der Waals surface area contributed by atoms with E-state index in [1.807, 2.05) is 45.9 Å². The van der Waals surface area contributed by atoms with E-state index in [-0.39, 0.29) is 18.1 Å². The van der Waals surface area contributed by atoms with Gasteiger partial charge >= 0.3 is 0 Å². The molecule has 0 aliphatic carbocycles. The highest BCUT2D eigenvalue weighted by atomic mass is 35.5. The predicted molar refractivity (Wildman–Crippen MR) is 141 cm³/mol. The number of halogens is 2. The van der Waals surface area contributed by atoms with Crippen LogP contribution in [-0.2, 0) is 11.3 Å². The van der Waals surface area contributed by atoms with Crippen molar-refractivity contribution in [3.05, 3.63) is 45.9 Å². The fraction of sp³-hybridized carbons (Fsp3) is 0.500. The summed E-state index contributed by atoms with van der Waals surface area (Å²) in [5.41, 5.74) is 2.53. The summed E-state index contributed by atoms with van der Waals surface area (Å²) < 4.78 is 11.5. The number of amides is 1. The molecule has 34 heavy (non-hydrogen) atoms. The van der Waals surface area contributed by atoms with Crippen molar-refractivity contribution in [3.8, 4) is 11.5 Å². The molecule has 186 valence electrons. The van der Waals surface area contributed by atoms with Gasteiger partial charge in [-0.25, -0.2) is 0 Å². The van der Waals surface area contributed by atoms with Crippen LogP contribution in [0.1, 0.15) is 52.5 Å². The number of benzene rings is 2. The van der Waals surface area contributed by atoms with Gasteiger partial charge in [-0.2, -0.15) is 0 Å². The number of ether oxygens (including phenoxy) is 2. The molecule has 2 aromatic rings. The van der Waals surface area contributed by atoms with Gasteiger partial charge in [0.15, 0.2) is 18.1 Å². The molecular formula is C26H35Cl2N3O3. The maximum absolute atomic E-state index is 12.1. The molecule has 0 radical (unpaired) electrons. The summed E-state index contributed by atoms with van der Waals surface area (Å²) in [5.74, 6) is 0.779. The summed E-state index contributed by atoms with van der Waals surface area (Å²) in [4.78, 5) is 14.5. The van der Waals surface area contributed by atoms with E-state index in [9.17, 15) is 4.79 Å². The van der Waals surface area contributed by atoms with Gasteiger partial charge < -0.3 is 25.0 Å². The topological polar surface area (TPSA) is 62.8 Å². The average Bonchev–Trinajstić information content (AvgIpc) is 2.77. The number of carbonyl (C=O) groups excluding carboxylic acids is 1. The maximum Gasteiger partial charge on any atom is 0.258 e. The Labute approximate surface area is 212 Å². The lowest BCUT2D eigenvalue weighted by Gasteiger charge is -2.29. The van der Waals surface area contributed by atoms with Crippen molar-refractivity contribution in [3.63, 3.8) is 0 Å². The Bertz CT molecular complexity index is 986. The lowest BCUT2D eigenvalue weighted by Crippen LogP contribution is -2.43. The smallest absolute Gasteiger partial charge is 0.258 e. The third-order valence-electron chi connectivity index (χ3n) is 5.41. The number of hydrogen-bond acceptors (Lipinski definition) is 5. The molecule has 0 saturated carbocycles. The van der Waals surface area contributed by atoms with Gasteiger partial charge in [0, 0.05) is 41.9 Å². The van der Waals surface area contributed by atoms with Crippen LogP contribution in [0.3, 0.4) is 0 Å². The van der Waals surface area contributed by atoms with Crippen LogP contribution in [0.4, 0.5) is 11.4 Å². The molecular weight excluding hydrogens is 473 g/mol. The highest BCUT2D eigenvalue weighted by Gasteiger charge is 2.17. The number of nitrogens with one attached hydrogen (secondary N) is 2. The molecule has 0 atom stereocenters. The minimum absolute atomic E-state index is 0.118. The van der Waals surface area contributed by atoms with E-state index in [2.05, 4.69) is 21.6 Å². The van der Waals surface area contributed by atoms with Crippen molar-refractivity contribution in [2.24, 2.45) is 0 Å². The second kappa shape index (κ2) is 11.9. The first-order chi connectivity index (χ1) is 16.2. The van der Waals surface area contributed by atoms with E-state index in [1.54, 1.807) is 6.07 Å². The van der Waals surface area contributed by atoms with E-state index in [1.165, 1.54) is 19.3 Å². The molecule has 0 aromatic heterocycles. The molecule has 1 aliphatic heterocycles. The molecule has 1 aliphatic rings. The van der Waals surface area contributed by atoms with Gasteiger partial charge in [0.2, 0.25) is 0 Å². The molecule has 0 spiro atoms. The highest BCUT2D eigenvalue weighted by Crippen LogP contribution is 2.35. The second-order valence-electron chi connectivity index (χ2n) is 9.48. The van der Waals surface area contributed by atoms with Gasteiger partial charge in [0.05, 0.1) is 17.3 Å². The molecule has 1 amide bonds. The molecule has 8 heteroatoms. The highest BCUT2D eigenvalue weighted by molar-refractivity contribution is 6.33. The predicted octanol–water partition coefficient (Wildman–Crippen LogP) is 6.29. The second-order valence-corrected chi connectivity index (χ2v) is 10.3. The van der Waals surface area contributed by atoms with Crippen molar-refractivity contribution >= 4 is 40.5 Å². The summed E-state index contributed by atoms with van der Waals surface area (Å²) in [6, 6.07) is 9.61. The fourth-order valence-corrected chi connectivity index (χ4v) is 4.42. The van der Waals surface area contributed by atoms with Crippen LogP contribution in [0.25, 0.3) is 0 Å². The molecule has 6 nitrogen and oxygen atoms in total. The van der Waals surface area contributed by atoms with Gasteiger partial charge in [-0.1, -0.05) is 23.2 Å². The monoisotopic (exact) mass is 507 g/mol. The molecule has 0 bridgehead atoms. The van der Waals surface area contributed by atoms with Crippen LogP contribution in [0.15, 0.2) is 30.3 Å². The quantitative estimate of drug-likeness (QED) is 0.417. The minimum atomic E-state index is -0.328. The molecule has 3 rings (SSSR count). The molecule has 1 saturated heterocycles. The van der Waals surface area contributed by atoms with Crippen LogP contribution in [-0.4, -0.2) is 37.7 Å². The summed E-state index contributed by atoms with van der Waals surface area (Å²) in [6.45, 7) is 10.6. The van der Waals surface area contributed by atoms with Crippen LogP contribution in [0.2, 0.25) is 10.0 Å². The van der Waals surface area contributed by atoms with Gasteiger partial charge in [-0.15, -0.1) is 0 Å². The molecule has 2 N–H and O–H groups in total. The largest absolute Gasteiger partial charge is 0.490 e. The maximum atomic E-state index is 12.1. The first-order valence-corrected chi connectivity index (χ1v) is 12.6. The number of carbonyl (C=O) groups is 1. The zero-order valence-corrected chi connectivity index (χ0v) is 22.0.